The zero-order valence-corrected chi connectivity index (χ0v) is 57.2. The Labute approximate surface area is 524 Å². The number of aliphatic hydroxyl groups is 1. The lowest BCUT2D eigenvalue weighted by Gasteiger charge is -2.21. The summed E-state index contributed by atoms with van der Waals surface area (Å²) in [5.41, 5.74) is 0. The van der Waals surface area contributed by atoms with Crippen molar-refractivity contribution < 1.29 is 80.2 Å². The van der Waals surface area contributed by atoms with E-state index >= 15 is 0 Å². The van der Waals surface area contributed by atoms with Crippen molar-refractivity contribution in [3.8, 4) is 0 Å². The smallest absolute Gasteiger partial charge is 0.462 e. The number of phosphoric acid groups is 2. The van der Waals surface area contributed by atoms with Gasteiger partial charge in [0.2, 0.25) is 0 Å². The third-order valence-corrected chi connectivity index (χ3v) is 17.8. The number of phosphoric ester groups is 2. The van der Waals surface area contributed by atoms with Gasteiger partial charge in [-0.1, -0.05) is 291 Å². The fraction of sp³-hybridized carbons (Fsp3) is 0.940. The van der Waals surface area contributed by atoms with E-state index in [0.717, 1.165) is 109 Å². The summed E-state index contributed by atoms with van der Waals surface area (Å²) in [5, 5.41) is 10.5. The predicted octanol–water partition coefficient (Wildman–Crippen LogP) is 19.0. The van der Waals surface area contributed by atoms with E-state index in [4.69, 9.17) is 37.0 Å². The third kappa shape index (κ3) is 59.7. The molecule has 0 aromatic heterocycles. The Hall–Kier alpha value is -1.94. The Bertz CT molecular complexity index is 1670. The summed E-state index contributed by atoms with van der Waals surface area (Å²) in [6, 6.07) is 0. The molecule has 0 saturated carbocycles. The van der Waals surface area contributed by atoms with Gasteiger partial charge in [-0.3, -0.25) is 37.3 Å². The van der Waals surface area contributed by atoms with Gasteiger partial charge < -0.3 is 33.8 Å². The van der Waals surface area contributed by atoms with Crippen LogP contribution in [0.15, 0.2) is 0 Å². The number of carbonyl (C=O) groups excluding carboxylic acids is 4. The summed E-state index contributed by atoms with van der Waals surface area (Å²) >= 11 is 0. The fourth-order valence-corrected chi connectivity index (χ4v) is 11.7. The van der Waals surface area contributed by atoms with Gasteiger partial charge in [0.1, 0.15) is 19.3 Å². The zero-order valence-electron chi connectivity index (χ0n) is 55.4. The molecule has 0 aromatic rings. The van der Waals surface area contributed by atoms with Crippen LogP contribution >= 0.6 is 15.6 Å². The predicted molar refractivity (Wildman–Crippen MR) is 345 cm³/mol. The highest BCUT2D eigenvalue weighted by Crippen LogP contribution is 2.45. The molecule has 0 saturated heterocycles. The average molecular weight is 1270 g/mol. The van der Waals surface area contributed by atoms with E-state index in [1.54, 1.807) is 0 Å². The van der Waals surface area contributed by atoms with Gasteiger partial charge in [0.05, 0.1) is 26.4 Å². The molecule has 3 N–H and O–H groups in total. The minimum Gasteiger partial charge on any atom is -0.462 e. The highest BCUT2D eigenvalue weighted by atomic mass is 31.2. The van der Waals surface area contributed by atoms with Gasteiger partial charge in [0, 0.05) is 25.7 Å². The van der Waals surface area contributed by atoms with Gasteiger partial charge >= 0.3 is 39.5 Å². The van der Waals surface area contributed by atoms with Gasteiger partial charge in [-0.25, -0.2) is 9.13 Å². The van der Waals surface area contributed by atoms with E-state index in [9.17, 15) is 43.2 Å². The molecule has 0 fully saturated rings. The Balaban J connectivity index is 5.20. The van der Waals surface area contributed by atoms with Gasteiger partial charge in [-0.2, -0.15) is 0 Å². The van der Waals surface area contributed by atoms with Crippen LogP contribution in [0.25, 0.3) is 0 Å². The molecule has 0 rings (SSSR count). The molecule has 3 unspecified atom stereocenters. The van der Waals surface area contributed by atoms with Crippen molar-refractivity contribution in [2.24, 2.45) is 5.92 Å². The van der Waals surface area contributed by atoms with E-state index in [1.165, 1.54) is 154 Å². The molecule has 6 atom stereocenters. The first-order valence-corrected chi connectivity index (χ1v) is 38.2. The quantitative estimate of drug-likeness (QED) is 0.0222. The van der Waals surface area contributed by atoms with Crippen molar-refractivity contribution in [3.05, 3.63) is 0 Å². The molecule has 17 nitrogen and oxygen atoms in total. The minimum atomic E-state index is -4.95. The van der Waals surface area contributed by atoms with Gasteiger partial charge in [0.25, 0.3) is 0 Å². The van der Waals surface area contributed by atoms with Crippen molar-refractivity contribution in [2.45, 2.75) is 361 Å². The number of hydrogen-bond acceptors (Lipinski definition) is 15. The van der Waals surface area contributed by atoms with Crippen LogP contribution in [0.3, 0.4) is 0 Å². The molecule has 0 aromatic carbocycles. The lowest BCUT2D eigenvalue weighted by atomic mass is 9.99. The van der Waals surface area contributed by atoms with Gasteiger partial charge in [-0.15, -0.1) is 0 Å². The summed E-state index contributed by atoms with van der Waals surface area (Å²) in [4.78, 5) is 72.2. The largest absolute Gasteiger partial charge is 0.472 e. The maximum Gasteiger partial charge on any atom is 0.472 e. The Morgan fingerprint density at radius 3 is 0.826 bits per heavy atom. The molecular formula is C67H130O17P2. The van der Waals surface area contributed by atoms with Crippen molar-refractivity contribution in [1.82, 2.24) is 0 Å². The van der Waals surface area contributed by atoms with E-state index in [0.29, 0.717) is 25.7 Å². The van der Waals surface area contributed by atoms with Crippen molar-refractivity contribution >= 4 is 39.5 Å². The number of aliphatic hydroxyl groups excluding tert-OH is 1. The van der Waals surface area contributed by atoms with Crippen LogP contribution in [0.1, 0.15) is 343 Å². The number of ether oxygens (including phenoxy) is 4. The molecule has 0 aliphatic heterocycles. The number of hydrogen-bond donors (Lipinski definition) is 3. The molecule has 19 heteroatoms. The normalized spacial score (nSPS) is 14.5. The first-order valence-electron chi connectivity index (χ1n) is 35.2. The summed E-state index contributed by atoms with van der Waals surface area (Å²) in [7, 11) is -9.89. The molecular weight excluding hydrogens is 1140 g/mol. The van der Waals surface area contributed by atoms with E-state index in [1.807, 2.05) is 0 Å². The molecule has 0 amide bonds. The zero-order chi connectivity index (χ0) is 63.5. The molecule has 0 spiro atoms. The summed E-state index contributed by atoms with van der Waals surface area (Å²) in [6.07, 6.45) is 45.8. The Kier molecular flexibility index (Phi) is 59.2. The first kappa shape index (κ1) is 84.1. The summed E-state index contributed by atoms with van der Waals surface area (Å²) < 4.78 is 68.0. The monoisotopic (exact) mass is 1270 g/mol. The minimum absolute atomic E-state index is 0.106. The molecule has 0 aliphatic rings. The summed E-state index contributed by atoms with van der Waals surface area (Å²) in [6.45, 7) is 7.20. The summed E-state index contributed by atoms with van der Waals surface area (Å²) in [5.74, 6) is -1.32. The van der Waals surface area contributed by atoms with Crippen LogP contribution < -0.4 is 0 Å². The lowest BCUT2D eigenvalue weighted by Crippen LogP contribution is -2.30. The molecule has 0 aliphatic carbocycles. The molecule has 0 bridgehead atoms. The number of unbranched alkanes of at least 4 members (excludes halogenated alkanes) is 38. The number of rotatable bonds is 67. The van der Waals surface area contributed by atoms with Crippen LogP contribution in [-0.4, -0.2) is 96.7 Å². The van der Waals surface area contributed by atoms with Crippen LogP contribution in [0, 0.1) is 5.92 Å². The fourth-order valence-electron chi connectivity index (χ4n) is 10.1. The second kappa shape index (κ2) is 60.6. The maximum absolute atomic E-state index is 13.0. The molecule has 86 heavy (non-hydrogen) atoms. The van der Waals surface area contributed by atoms with E-state index < -0.39 is 97.5 Å². The molecule has 0 radical (unpaired) electrons. The first-order chi connectivity index (χ1) is 41.6. The van der Waals surface area contributed by atoms with Crippen molar-refractivity contribution in [3.63, 3.8) is 0 Å². The Morgan fingerprint density at radius 1 is 0.326 bits per heavy atom. The van der Waals surface area contributed by atoms with E-state index in [-0.39, 0.29) is 25.7 Å². The van der Waals surface area contributed by atoms with Crippen molar-refractivity contribution in [1.29, 1.82) is 0 Å². The topological polar surface area (TPSA) is 237 Å². The third-order valence-electron chi connectivity index (χ3n) is 15.9. The molecule has 510 valence electrons. The van der Waals surface area contributed by atoms with Gasteiger partial charge in [0.15, 0.2) is 12.2 Å². The maximum atomic E-state index is 13.0. The highest BCUT2D eigenvalue weighted by Gasteiger charge is 2.30. The lowest BCUT2D eigenvalue weighted by molar-refractivity contribution is -0.161. The Morgan fingerprint density at radius 2 is 0.558 bits per heavy atom. The van der Waals surface area contributed by atoms with Crippen LogP contribution in [0.2, 0.25) is 0 Å². The highest BCUT2D eigenvalue weighted by molar-refractivity contribution is 7.47. The van der Waals surface area contributed by atoms with Crippen LogP contribution in [0.4, 0.5) is 0 Å². The van der Waals surface area contributed by atoms with E-state index in [2.05, 4.69) is 34.6 Å². The van der Waals surface area contributed by atoms with Crippen molar-refractivity contribution in [2.75, 3.05) is 39.6 Å². The SMILES string of the molecule is CCCCCCCCCCCCCCCCCCC(=O)O[C@H](COC(=O)CCCCCCCCCCCCC(C)CC)COP(=O)(O)OC[C@@H](O)COP(=O)(O)OC[C@@H](COC(=O)CCCCCCCCC)OC(=O)CCCCCCCCCCC. The van der Waals surface area contributed by atoms with Crippen LogP contribution in [0.5, 0.6) is 0 Å². The number of esters is 4. The second-order valence-electron chi connectivity index (χ2n) is 24.5. The second-order valence-corrected chi connectivity index (χ2v) is 27.4. The van der Waals surface area contributed by atoms with Gasteiger partial charge in [-0.05, 0) is 31.6 Å². The average Bonchev–Trinajstić information content (AvgIpc) is 3.63. The molecule has 0 heterocycles. The van der Waals surface area contributed by atoms with Crippen LogP contribution in [-0.2, 0) is 65.4 Å². The number of carbonyl (C=O) groups is 4. The standard InChI is InChI=1S/C67H130O17P2/c1-6-10-13-16-19-21-22-23-24-25-26-27-33-38-43-48-53-67(72)84-63(57-78-65(70)51-46-41-36-32-29-28-31-35-39-44-49-60(5)9-4)59-82-86(75,76)80-55-61(68)54-79-85(73,74)81-58-62(56-77-64(69)50-45-40-34-18-15-12-8-3)83-66(71)52-47-42-37-30-20-17-14-11-7-2/h60-63,68H,6-59H2,1-5H3,(H,73,74)(H,75,76)/t60?,61-,62+,63+/m0/s1.